The second-order valence-corrected chi connectivity index (χ2v) is 3.89. The minimum atomic E-state index is 1.10. The van der Waals surface area contributed by atoms with Gasteiger partial charge in [0.2, 0.25) is 12.2 Å². The van der Waals surface area contributed by atoms with Gasteiger partial charge in [0.15, 0.2) is 0 Å². The second-order valence-electron chi connectivity index (χ2n) is 3.19. The van der Waals surface area contributed by atoms with E-state index in [2.05, 4.69) is 29.4 Å². The van der Waals surface area contributed by atoms with Crippen LogP contribution in [-0.2, 0) is 4.28 Å². The maximum absolute atomic E-state index is 4.87. The lowest BCUT2D eigenvalue weighted by molar-refractivity contribution is 0.418. The number of rotatable bonds is 1. The molecule has 3 rings (SSSR count). The van der Waals surface area contributed by atoms with Crippen molar-refractivity contribution in [2.75, 3.05) is 4.31 Å². The predicted molar refractivity (Wildman–Crippen MR) is 63.6 cm³/mol. The maximum Gasteiger partial charge on any atom is 0.216 e. The van der Waals surface area contributed by atoms with Crippen LogP contribution in [0.5, 0.6) is 0 Å². The van der Waals surface area contributed by atoms with E-state index in [1.54, 1.807) is 6.34 Å². The summed E-state index contributed by atoms with van der Waals surface area (Å²) in [5.74, 6) is 0. The zero-order valence-corrected chi connectivity index (χ0v) is 8.65. The normalized spacial score (nSPS) is 14.5. The molecular weight excluding hydrogens is 208 g/mol. The van der Waals surface area contributed by atoms with Crippen molar-refractivity contribution in [1.82, 2.24) is 0 Å². The lowest BCUT2D eigenvalue weighted by Crippen LogP contribution is -2.06. The van der Waals surface area contributed by atoms with Crippen LogP contribution < -0.4 is 4.31 Å². The average molecular weight is 216 g/mol. The van der Waals surface area contributed by atoms with E-state index >= 15 is 0 Å². The van der Waals surface area contributed by atoms with Gasteiger partial charge >= 0.3 is 0 Å². The van der Waals surface area contributed by atoms with Gasteiger partial charge in [-0.1, -0.05) is 41.6 Å². The van der Waals surface area contributed by atoms with E-state index in [1.165, 1.54) is 23.0 Å². The molecule has 0 saturated heterocycles. The molecular formula is C11H8N2OS. The minimum Gasteiger partial charge on any atom is -0.297 e. The fourth-order valence-corrected chi connectivity index (χ4v) is 2.10. The Morgan fingerprint density at radius 2 is 1.93 bits per heavy atom. The fraction of sp³-hybridized carbons (Fsp3) is 0. The van der Waals surface area contributed by atoms with Gasteiger partial charge in [-0.25, -0.2) is 4.31 Å². The third-order valence-electron chi connectivity index (χ3n) is 2.31. The summed E-state index contributed by atoms with van der Waals surface area (Å²) in [4.78, 5) is 0. The lowest BCUT2D eigenvalue weighted by atomic mass is 10.1. The van der Waals surface area contributed by atoms with Gasteiger partial charge in [0, 0.05) is 5.39 Å². The molecule has 4 heteroatoms. The number of fused-ring (bicyclic) bond motifs is 1. The Morgan fingerprint density at radius 3 is 2.80 bits per heavy atom. The van der Waals surface area contributed by atoms with Crippen molar-refractivity contribution < 1.29 is 4.28 Å². The highest BCUT2D eigenvalue weighted by atomic mass is 32.2. The minimum absolute atomic E-state index is 1.10. The first-order valence-corrected chi connectivity index (χ1v) is 5.29. The molecule has 1 aliphatic heterocycles. The monoisotopic (exact) mass is 216 g/mol. The van der Waals surface area contributed by atoms with E-state index < -0.39 is 0 Å². The number of anilines is 1. The van der Waals surface area contributed by atoms with Crippen molar-refractivity contribution in [3.63, 3.8) is 0 Å². The van der Waals surface area contributed by atoms with Crippen molar-refractivity contribution in [3.8, 4) is 0 Å². The van der Waals surface area contributed by atoms with Crippen LogP contribution >= 0.6 is 12.2 Å². The topological polar surface area (TPSA) is 24.8 Å². The summed E-state index contributed by atoms with van der Waals surface area (Å²) >= 11 is 1.22. The molecule has 74 valence electrons. The van der Waals surface area contributed by atoms with Gasteiger partial charge in [-0.3, -0.25) is 4.28 Å². The Hall–Kier alpha value is -1.68. The number of hydrogen-bond donors (Lipinski definition) is 0. The van der Waals surface area contributed by atoms with Gasteiger partial charge in [0.25, 0.3) is 0 Å². The van der Waals surface area contributed by atoms with Crippen LogP contribution in [0.15, 0.2) is 47.6 Å². The first-order valence-electron chi connectivity index (χ1n) is 4.59. The Labute approximate surface area is 91.7 Å². The maximum atomic E-state index is 4.87. The van der Waals surface area contributed by atoms with Gasteiger partial charge < -0.3 is 0 Å². The largest absolute Gasteiger partial charge is 0.297 e. The molecule has 3 nitrogen and oxygen atoms in total. The van der Waals surface area contributed by atoms with Gasteiger partial charge in [-0.05, 0) is 11.5 Å². The molecule has 1 aliphatic rings. The van der Waals surface area contributed by atoms with Crippen molar-refractivity contribution >= 4 is 35.0 Å². The summed E-state index contributed by atoms with van der Waals surface area (Å²) in [5, 5.41) is 6.13. The molecule has 0 aromatic heterocycles. The number of oxime groups is 1. The van der Waals surface area contributed by atoms with E-state index in [4.69, 9.17) is 4.28 Å². The molecule has 0 saturated carbocycles. The van der Waals surface area contributed by atoms with Gasteiger partial charge in [0.1, 0.15) is 6.34 Å². The quantitative estimate of drug-likeness (QED) is 0.540. The van der Waals surface area contributed by atoms with Crippen LogP contribution in [-0.4, -0.2) is 6.34 Å². The van der Waals surface area contributed by atoms with Crippen molar-refractivity contribution in [3.05, 3.63) is 42.5 Å². The molecule has 0 radical (unpaired) electrons. The summed E-state index contributed by atoms with van der Waals surface area (Å²) in [6.45, 7) is 0. The van der Waals surface area contributed by atoms with E-state index in [9.17, 15) is 0 Å². The molecule has 15 heavy (non-hydrogen) atoms. The third kappa shape index (κ3) is 1.43. The predicted octanol–water partition coefficient (Wildman–Crippen LogP) is 3.18. The van der Waals surface area contributed by atoms with E-state index in [1.807, 2.05) is 22.5 Å². The number of nitrogens with zero attached hydrogens (tertiary/aromatic N) is 2. The Morgan fingerprint density at radius 1 is 1.07 bits per heavy atom. The molecule has 0 spiro atoms. The zero-order chi connectivity index (χ0) is 10.1. The summed E-state index contributed by atoms with van der Waals surface area (Å²) < 4.78 is 6.78. The third-order valence-corrected chi connectivity index (χ3v) is 2.92. The first kappa shape index (κ1) is 8.61. The van der Waals surface area contributed by atoms with Crippen molar-refractivity contribution in [2.24, 2.45) is 5.16 Å². The SMILES string of the molecule is C1=NOSN1c1cccc2ccccc12. The molecule has 0 atom stereocenters. The van der Waals surface area contributed by atoms with Crippen LogP contribution in [0.4, 0.5) is 5.69 Å². The number of benzene rings is 2. The highest BCUT2D eigenvalue weighted by Crippen LogP contribution is 2.32. The molecule has 2 aromatic rings. The Balaban J connectivity index is 2.21. The summed E-state index contributed by atoms with van der Waals surface area (Å²) in [7, 11) is 0. The van der Waals surface area contributed by atoms with E-state index in [-0.39, 0.29) is 0 Å². The molecule has 0 amide bonds. The van der Waals surface area contributed by atoms with E-state index in [0.29, 0.717) is 0 Å². The average Bonchev–Trinajstić information content (AvgIpc) is 2.82. The van der Waals surface area contributed by atoms with Gasteiger partial charge in [0.05, 0.1) is 5.69 Å². The molecule has 0 bridgehead atoms. The molecule has 0 fully saturated rings. The molecule has 0 N–H and O–H groups in total. The molecule has 1 heterocycles. The highest BCUT2D eigenvalue weighted by Gasteiger charge is 2.13. The van der Waals surface area contributed by atoms with Crippen LogP contribution in [0.2, 0.25) is 0 Å². The number of hydrogen-bond acceptors (Lipinski definition) is 4. The second kappa shape index (κ2) is 3.47. The van der Waals surface area contributed by atoms with Crippen LogP contribution in [0.3, 0.4) is 0 Å². The smallest absolute Gasteiger partial charge is 0.216 e. The van der Waals surface area contributed by atoms with Gasteiger partial charge in [-0.15, -0.1) is 0 Å². The molecule has 0 unspecified atom stereocenters. The summed E-state index contributed by atoms with van der Waals surface area (Å²) in [6.07, 6.45) is 1.67. The van der Waals surface area contributed by atoms with E-state index in [0.717, 1.165) is 5.69 Å². The van der Waals surface area contributed by atoms with Crippen LogP contribution in [0.25, 0.3) is 10.8 Å². The molecule has 0 aliphatic carbocycles. The summed E-state index contributed by atoms with van der Waals surface area (Å²) in [6, 6.07) is 14.4. The molecule has 2 aromatic carbocycles. The van der Waals surface area contributed by atoms with Crippen LogP contribution in [0, 0.1) is 0 Å². The standard InChI is InChI=1S/C11H8N2OS/c1-2-6-10-9(4-1)5-3-7-11(10)13-8-12-14-15-13/h1-8H. The fourth-order valence-electron chi connectivity index (χ4n) is 1.64. The Kier molecular flexibility index (Phi) is 1.99. The van der Waals surface area contributed by atoms with Gasteiger partial charge in [-0.2, -0.15) is 0 Å². The zero-order valence-electron chi connectivity index (χ0n) is 7.83. The van der Waals surface area contributed by atoms with Crippen molar-refractivity contribution in [1.29, 1.82) is 0 Å². The Bertz CT molecular complexity index is 521. The lowest BCUT2D eigenvalue weighted by Gasteiger charge is -2.11. The van der Waals surface area contributed by atoms with Crippen molar-refractivity contribution in [2.45, 2.75) is 0 Å². The highest BCUT2D eigenvalue weighted by molar-refractivity contribution is 7.97. The summed E-state index contributed by atoms with van der Waals surface area (Å²) in [5.41, 5.74) is 1.10. The first-order chi connectivity index (χ1) is 7.45. The van der Waals surface area contributed by atoms with Crippen LogP contribution in [0.1, 0.15) is 0 Å².